The van der Waals surface area contributed by atoms with Crippen molar-refractivity contribution in [2.75, 3.05) is 20.8 Å². The van der Waals surface area contributed by atoms with Gasteiger partial charge in [0.15, 0.2) is 0 Å². The van der Waals surface area contributed by atoms with Crippen LogP contribution in [0.4, 0.5) is 0 Å². The van der Waals surface area contributed by atoms with E-state index in [-0.39, 0.29) is 0 Å². The lowest BCUT2D eigenvalue weighted by atomic mass is 10.1. The van der Waals surface area contributed by atoms with Gasteiger partial charge in [-0.1, -0.05) is 0 Å². The molecule has 3 aromatic rings. The predicted molar refractivity (Wildman–Crippen MR) is 94.2 cm³/mol. The SMILES string of the molecule is CCOc1cc2c(cc1C(=O)OC)c1ccc(OC)cc1n2CC. The highest BCUT2D eigenvalue weighted by molar-refractivity contribution is 6.11. The van der Waals surface area contributed by atoms with Crippen molar-refractivity contribution in [1.82, 2.24) is 4.57 Å². The Morgan fingerprint density at radius 2 is 1.79 bits per heavy atom. The fraction of sp³-hybridized carbons (Fsp3) is 0.316. The van der Waals surface area contributed by atoms with Gasteiger partial charge in [0.2, 0.25) is 0 Å². The number of aryl methyl sites for hydroxylation is 1. The monoisotopic (exact) mass is 327 g/mol. The van der Waals surface area contributed by atoms with Crippen molar-refractivity contribution in [1.29, 1.82) is 0 Å². The van der Waals surface area contributed by atoms with Crippen molar-refractivity contribution < 1.29 is 19.0 Å². The fourth-order valence-corrected chi connectivity index (χ4v) is 3.11. The van der Waals surface area contributed by atoms with Crippen molar-refractivity contribution in [2.24, 2.45) is 0 Å². The molecule has 0 N–H and O–H groups in total. The van der Waals surface area contributed by atoms with Gasteiger partial charge >= 0.3 is 5.97 Å². The lowest BCUT2D eigenvalue weighted by Crippen LogP contribution is -2.06. The second kappa shape index (κ2) is 6.43. The highest BCUT2D eigenvalue weighted by Crippen LogP contribution is 2.36. The maximum absolute atomic E-state index is 12.1. The minimum Gasteiger partial charge on any atom is -0.497 e. The first-order valence-electron chi connectivity index (χ1n) is 7.99. The number of aromatic nitrogens is 1. The number of esters is 1. The molecular formula is C19H21NO4. The molecule has 0 aliphatic carbocycles. The molecule has 0 radical (unpaired) electrons. The summed E-state index contributed by atoms with van der Waals surface area (Å²) >= 11 is 0. The zero-order chi connectivity index (χ0) is 17.3. The van der Waals surface area contributed by atoms with E-state index in [0.29, 0.717) is 17.9 Å². The molecule has 0 atom stereocenters. The number of carbonyl (C=O) groups excluding carboxylic acids is 1. The van der Waals surface area contributed by atoms with Crippen molar-refractivity contribution >= 4 is 27.8 Å². The number of methoxy groups -OCH3 is 2. The van der Waals surface area contributed by atoms with E-state index in [4.69, 9.17) is 14.2 Å². The predicted octanol–water partition coefficient (Wildman–Crippen LogP) is 4.01. The van der Waals surface area contributed by atoms with E-state index in [1.807, 2.05) is 37.3 Å². The van der Waals surface area contributed by atoms with Crippen molar-refractivity contribution in [3.05, 3.63) is 35.9 Å². The number of rotatable bonds is 5. The first kappa shape index (κ1) is 16.2. The molecule has 0 saturated carbocycles. The second-order valence-corrected chi connectivity index (χ2v) is 5.42. The van der Waals surface area contributed by atoms with E-state index in [2.05, 4.69) is 11.5 Å². The number of benzene rings is 2. The van der Waals surface area contributed by atoms with Gasteiger partial charge in [0.05, 0.1) is 31.9 Å². The van der Waals surface area contributed by atoms with Crippen LogP contribution in [0.15, 0.2) is 30.3 Å². The number of fused-ring (bicyclic) bond motifs is 3. The van der Waals surface area contributed by atoms with Gasteiger partial charge in [0.25, 0.3) is 0 Å². The minimum atomic E-state index is -0.397. The summed E-state index contributed by atoms with van der Waals surface area (Å²) in [6.45, 7) is 5.27. The number of ether oxygens (including phenoxy) is 3. The number of nitrogens with zero attached hydrogens (tertiary/aromatic N) is 1. The normalized spacial score (nSPS) is 11.0. The Kier molecular flexibility index (Phi) is 4.34. The molecule has 5 nitrogen and oxygen atoms in total. The Balaban J connectivity index is 2.39. The summed E-state index contributed by atoms with van der Waals surface area (Å²) in [7, 11) is 3.03. The number of hydrogen-bond donors (Lipinski definition) is 0. The smallest absolute Gasteiger partial charge is 0.341 e. The summed E-state index contributed by atoms with van der Waals surface area (Å²) in [5.74, 6) is 0.950. The quantitative estimate of drug-likeness (QED) is 0.664. The van der Waals surface area contributed by atoms with Crippen LogP contribution >= 0.6 is 0 Å². The third-order valence-electron chi connectivity index (χ3n) is 4.20. The van der Waals surface area contributed by atoms with Crippen LogP contribution in [0.2, 0.25) is 0 Å². The molecule has 0 amide bonds. The van der Waals surface area contributed by atoms with E-state index in [1.165, 1.54) is 7.11 Å². The van der Waals surface area contributed by atoms with Crippen molar-refractivity contribution in [3.8, 4) is 11.5 Å². The van der Waals surface area contributed by atoms with E-state index < -0.39 is 5.97 Å². The largest absolute Gasteiger partial charge is 0.497 e. The molecule has 0 saturated heterocycles. The van der Waals surface area contributed by atoms with Crippen LogP contribution in [-0.4, -0.2) is 31.4 Å². The van der Waals surface area contributed by atoms with Crippen LogP contribution in [0.1, 0.15) is 24.2 Å². The van der Waals surface area contributed by atoms with Gasteiger partial charge in [-0.3, -0.25) is 0 Å². The van der Waals surface area contributed by atoms with Crippen molar-refractivity contribution in [3.63, 3.8) is 0 Å². The zero-order valence-corrected chi connectivity index (χ0v) is 14.4. The fourth-order valence-electron chi connectivity index (χ4n) is 3.11. The molecule has 0 aliphatic rings. The Morgan fingerprint density at radius 1 is 1.04 bits per heavy atom. The Bertz CT molecular complexity index is 911. The van der Waals surface area contributed by atoms with E-state index in [1.54, 1.807) is 7.11 Å². The Morgan fingerprint density at radius 3 is 2.42 bits per heavy atom. The Hall–Kier alpha value is -2.69. The molecule has 0 bridgehead atoms. The maximum Gasteiger partial charge on any atom is 0.341 e. The summed E-state index contributed by atoms with van der Waals surface area (Å²) in [5, 5.41) is 2.07. The first-order valence-corrected chi connectivity index (χ1v) is 7.99. The van der Waals surface area contributed by atoms with Crippen molar-refractivity contribution in [2.45, 2.75) is 20.4 Å². The van der Waals surface area contributed by atoms with Crippen LogP contribution in [0.5, 0.6) is 11.5 Å². The lowest BCUT2D eigenvalue weighted by molar-refractivity contribution is 0.0596. The molecule has 0 spiro atoms. The van der Waals surface area contributed by atoms with Gasteiger partial charge in [0, 0.05) is 29.4 Å². The third kappa shape index (κ3) is 2.46. The topological polar surface area (TPSA) is 49.7 Å². The van der Waals surface area contributed by atoms with Gasteiger partial charge < -0.3 is 18.8 Å². The zero-order valence-electron chi connectivity index (χ0n) is 14.4. The van der Waals surface area contributed by atoms with Gasteiger partial charge in [-0.2, -0.15) is 0 Å². The maximum atomic E-state index is 12.1. The molecular weight excluding hydrogens is 306 g/mol. The van der Waals surface area contributed by atoms with Crippen LogP contribution in [0.25, 0.3) is 21.8 Å². The van der Waals surface area contributed by atoms with Gasteiger partial charge in [0.1, 0.15) is 17.1 Å². The average Bonchev–Trinajstić information content (AvgIpc) is 2.92. The molecule has 1 aromatic heterocycles. The highest BCUT2D eigenvalue weighted by atomic mass is 16.5. The molecule has 126 valence electrons. The lowest BCUT2D eigenvalue weighted by Gasteiger charge is -2.10. The van der Waals surface area contributed by atoms with Crippen LogP contribution in [0, 0.1) is 0 Å². The number of hydrogen-bond acceptors (Lipinski definition) is 4. The third-order valence-corrected chi connectivity index (χ3v) is 4.20. The van der Waals surface area contributed by atoms with Crippen LogP contribution < -0.4 is 9.47 Å². The summed E-state index contributed by atoms with van der Waals surface area (Å²) < 4.78 is 18.1. The van der Waals surface area contributed by atoms with Gasteiger partial charge in [-0.25, -0.2) is 4.79 Å². The van der Waals surface area contributed by atoms with E-state index >= 15 is 0 Å². The van der Waals surface area contributed by atoms with E-state index in [9.17, 15) is 4.79 Å². The van der Waals surface area contributed by atoms with Crippen LogP contribution in [-0.2, 0) is 11.3 Å². The average molecular weight is 327 g/mol. The molecule has 2 aromatic carbocycles. The molecule has 0 fully saturated rings. The highest BCUT2D eigenvalue weighted by Gasteiger charge is 2.19. The number of carbonyl (C=O) groups is 1. The van der Waals surface area contributed by atoms with Crippen LogP contribution in [0.3, 0.4) is 0 Å². The van der Waals surface area contributed by atoms with Gasteiger partial charge in [-0.15, -0.1) is 0 Å². The first-order chi connectivity index (χ1) is 11.6. The molecule has 0 aliphatic heterocycles. The Labute approximate surface area is 140 Å². The molecule has 3 rings (SSSR count). The molecule has 0 unspecified atom stereocenters. The second-order valence-electron chi connectivity index (χ2n) is 5.42. The standard InChI is InChI=1S/C19H21NO4/c1-5-20-16-9-12(22-3)7-8-13(16)14-10-15(19(21)23-4)18(24-6-2)11-17(14)20/h7-11H,5-6H2,1-4H3. The van der Waals surface area contributed by atoms with Gasteiger partial charge in [-0.05, 0) is 32.0 Å². The van der Waals surface area contributed by atoms with E-state index in [0.717, 1.165) is 34.1 Å². The molecule has 5 heteroatoms. The summed E-state index contributed by atoms with van der Waals surface area (Å²) in [6.07, 6.45) is 0. The summed E-state index contributed by atoms with van der Waals surface area (Å²) in [6, 6.07) is 9.73. The summed E-state index contributed by atoms with van der Waals surface area (Å²) in [5.41, 5.74) is 2.53. The summed E-state index contributed by atoms with van der Waals surface area (Å²) in [4.78, 5) is 12.1. The minimum absolute atomic E-state index is 0.397. The molecule has 24 heavy (non-hydrogen) atoms. The molecule has 1 heterocycles.